The third-order valence-corrected chi connectivity index (χ3v) is 3.07. The molecule has 0 aromatic carbocycles. The highest BCUT2D eigenvalue weighted by atomic mass is 16.4. The largest absolute Gasteiger partial charge is 0.444 e. The highest BCUT2D eigenvalue weighted by Gasteiger charge is 2.28. The first-order valence-corrected chi connectivity index (χ1v) is 5.52. The maximum atomic E-state index is 5.76. The van der Waals surface area contributed by atoms with Gasteiger partial charge < -0.3 is 10.2 Å². The summed E-state index contributed by atoms with van der Waals surface area (Å²) in [6.07, 6.45) is 2.41. The molecule has 1 saturated heterocycles. The van der Waals surface area contributed by atoms with Gasteiger partial charge in [0.1, 0.15) is 5.76 Å². The van der Waals surface area contributed by atoms with E-state index in [0.717, 1.165) is 18.0 Å². The maximum Gasteiger partial charge on any atom is 0.211 e. The third kappa shape index (κ3) is 1.92. The van der Waals surface area contributed by atoms with Crippen LogP contribution < -0.4 is 5.73 Å². The zero-order valence-electron chi connectivity index (χ0n) is 9.66. The second kappa shape index (κ2) is 3.94. The Balaban J connectivity index is 2.27. The fourth-order valence-corrected chi connectivity index (χ4v) is 2.19. The van der Waals surface area contributed by atoms with Crippen molar-refractivity contribution in [1.82, 2.24) is 9.88 Å². The van der Waals surface area contributed by atoms with Crippen molar-refractivity contribution in [2.75, 3.05) is 13.6 Å². The molecule has 4 heteroatoms. The molecule has 4 nitrogen and oxygen atoms in total. The summed E-state index contributed by atoms with van der Waals surface area (Å²) >= 11 is 0. The molecule has 84 valence electrons. The zero-order chi connectivity index (χ0) is 11.0. The van der Waals surface area contributed by atoms with Crippen LogP contribution >= 0.6 is 0 Å². The molecule has 1 fully saturated rings. The van der Waals surface area contributed by atoms with Gasteiger partial charge in [-0.25, -0.2) is 4.98 Å². The van der Waals surface area contributed by atoms with Crippen molar-refractivity contribution in [1.29, 1.82) is 0 Å². The predicted molar refractivity (Wildman–Crippen MR) is 58.4 cm³/mol. The molecular weight excluding hydrogens is 190 g/mol. The Morgan fingerprint density at radius 1 is 1.60 bits per heavy atom. The third-order valence-electron chi connectivity index (χ3n) is 3.07. The van der Waals surface area contributed by atoms with Gasteiger partial charge in [-0.2, -0.15) is 0 Å². The molecule has 2 rings (SSSR count). The van der Waals surface area contributed by atoms with E-state index in [1.165, 1.54) is 12.8 Å². The second-order valence-corrected chi connectivity index (χ2v) is 4.42. The molecule has 0 radical (unpaired) electrons. The Hall–Kier alpha value is -0.870. The van der Waals surface area contributed by atoms with E-state index in [4.69, 9.17) is 10.2 Å². The van der Waals surface area contributed by atoms with Gasteiger partial charge in [-0.1, -0.05) is 0 Å². The van der Waals surface area contributed by atoms with Crippen LogP contribution in [0.5, 0.6) is 0 Å². The van der Waals surface area contributed by atoms with Crippen LogP contribution in [0.3, 0.4) is 0 Å². The molecule has 2 atom stereocenters. The van der Waals surface area contributed by atoms with Crippen molar-refractivity contribution in [3.63, 3.8) is 0 Å². The normalized spacial score (nSPS) is 24.7. The lowest BCUT2D eigenvalue weighted by Crippen LogP contribution is -2.18. The monoisotopic (exact) mass is 209 g/mol. The number of nitrogens with zero attached hydrogens (tertiary/aromatic N) is 2. The molecule has 0 saturated carbocycles. The van der Waals surface area contributed by atoms with Crippen molar-refractivity contribution < 1.29 is 4.42 Å². The highest BCUT2D eigenvalue weighted by molar-refractivity contribution is 5.15. The van der Waals surface area contributed by atoms with Gasteiger partial charge in [-0.3, -0.25) is 4.90 Å². The van der Waals surface area contributed by atoms with Crippen LogP contribution in [0.1, 0.15) is 49.2 Å². The number of hydrogen-bond donors (Lipinski definition) is 1. The standard InChI is InChI=1S/C11H19N3O/c1-7(12)11-13-10(8(2)15-11)9-5-4-6-14(9)3/h7,9H,4-6,12H2,1-3H3. The average molecular weight is 209 g/mol. The molecule has 1 aromatic heterocycles. The number of aromatic nitrogens is 1. The lowest BCUT2D eigenvalue weighted by molar-refractivity contribution is 0.309. The Kier molecular flexibility index (Phi) is 2.80. The Labute approximate surface area is 90.5 Å². The van der Waals surface area contributed by atoms with Gasteiger partial charge in [-0.15, -0.1) is 0 Å². The van der Waals surface area contributed by atoms with Crippen molar-refractivity contribution in [3.8, 4) is 0 Å². The molecule has 0 amide bonds. The van der Waals surface area contributed by atoms with Gasteiger partial charge in [0.15, 0.2) is 0 Å². The minimum absolute atomic E-state index is 0.121. The van der Waals surface area contributed by atoms with Crippen LogP contribution in [0.2, 0.25) is 0 Å². The summed E-state index contributed by atoms with van der Waals surface area (Å²) in [6, 6.07) is 0.297. The summed E-state index contributed by atoms with van der Waals surface area (Å²) in [5.41, 5.74) is 6.83. The van der Waals surface area contributed by atoms with Gasteiger partial charge in [0.05, 0.1) is 17.8 Å². The quantitative estimate of drug-likeness (QED) is 0.806. The van der Waals surface area contributed by atoms with Crippen LogP contribution in [0.4, 0.5) is 0 Å². The molecule has 1 aliphatic rings. The van der Waals surface area contributed by atoms with Crippen LogP contribution in [0, 0.1) is 6.92 Å². The first-order valence-electron chi connectivity index (χ1n) is 5.52. The lowest BCUT2D eigenvalue weighted by Gasteiger charge is -2.17. The molecular formula is C11H19N3O. The van der Waals surface area contributed by atoms with Crippen molar-refractivity contribution in [2.45, 2.75) is 38.8 Å². The van der Waals surface area contributed by atoms with E-state index in [1.54, 1.807) is 0 Å². The minimum Gasteiger partial charge on any atom is -0.444 e. The number of oxazole rings is 1. The average Bonchev–Trinajstić information content (AvgIpc) is 2.71. The van der Waals surface area contributed by atoms with Crippen LogP contribution in [-0.4, -0.2) is 23.5 Å². The number of nitrogens with two attached hydrogens (primary N) is 1. The number of rotatable bonds is 2. The molecule has 2 heterocycles. The Morgan fingerprint density at radius 3 is 2.80 bits per heavy atom. The number of aryl methyl sites for hydroxylation is 1. The van der Waals surface area contributed by atoms with E-state index < -0.39 is 0 Å². The lowest BCUT2D eigenvalue weighted by atomic mass is 10.1. The SMILES string of the molecule is Cc1oc(C(C)N)nc1C1CCCN1C. The summed E-state index contributed by atoms with van der Waals surface area (Å²) in [7, 11) is 2.14. The molecule has 0 spiro atoms. The topological polar surface area (TPSA) is 55.3 Å². The second-order valence-electron chi connectivity index (χ2n) is 4.42. The smallest absolute Gasteiger partial charge is 0.211 e. The van der Waals surface area contributed by atoms with Crippen molar-refractivity contribution >= 4 is 0 Å². The van der Waals surface area contributed by atoms with E-state index in [0.29, 0.717) is 11.9 Å². The fourth-order valence-electron chi connectivity index (χ4n) is 2.19. The molecule has 0 bridgehead atoms. The van der Waals surface area contributed by atoms with Gasteiger partial charge in [-0.05, 0) is 40.3 Å². The van der Waals surface area contributed by atoms with E-state index in [9.17, 15) is 0 Å². The van der Waals surface area contributed by atoms with E-state index in [2.05, 4.69) is 16.9 Å². The summed E-state index contributed by atoms with van der Waals surface area (Å²) in [6.45, 7) is 5.01. The van der Waals surface area contributed by atoms with E-state index in [1.807, 2.05) is 13.8 Å². The first kappa shape index (κ1) is 10.6. The maximum absolute atomic E-state index is 5.76. The summed E-state index contributed by atoms with van der Waals surface area (Å²) < 4.78 is 5.57. The fraction of sp³-hybridized carbons (Fsp3) is 0.727. The van der Waals surface area contributed by atoms with Gasteiger partial charge >= 0.3 is 0 Å². The number of likely N-dealkylation sites (tertiary alicyclic amines) is 1. The van der Waals surface area contributed by atoms with Crippen molar-refractivity contribution in [3.05, 3.63) is 17.3 Å². The number of hydrogen-bond acceptors (Lipinski definition) is 4. The van der Waals surface area contributed by atoms with Gasteiger partial charge in [0, 0.05) is 0 Å². The highest BCUT2D eigenvalue weighted by Crippen LogP contribution is 2.32. The first-order chi connectivity index (χ1) is 7.09. The van der Waals surface area contributed by atoms with Crippen LogP contribution in [-0.2, 0) is 0 Å². The molecule has 1 aromatic rings. The van der Waals surface area contributed by atoms with Crippen molar-refractivity contribution in [2.24, 2.45) is 5.73 Å². The molecule has 2 N–H and O–H groups in total. The Bertz CT molecular complexity index is 346. The zero-order valence-corrected chi connectivity index (χ0v) is 9.66. The van der Waals surface area contributed by atoms with E-state index >= 15 is 0 Å². The molecule has 0 aliphatic carbocycles. The molecule has 2 unspecified atom stereocenters. The summed E-state index contributed by atoms with van der Waals surface area (Å²) in [4.78, 5) is 6.84. The van der Waals surface area contributed by atoms with E-state index in [-0.39, 0.29) is 6.04 Å². The predicted octanol–water partition coefficient (Wildman–Crippen LogP) is 1.77. The summed E-state index contributed by atoms with van der Waals surface area (Å²) in [5.74, 6) is 1.57. The van der Waals surface area contributed by atoms with Gasteiger partial charge in [0.2, 0.25) is 5.89 Å². The minimum atomic E-state index is -0.121. The van der Waals surface area contributed by atoms with Crippen LogP contribution in [0.25, 0.3) is 0 Å². The van der Waals surface area contributed by atoms with Crippen LogP contribution in [0.15, 0.2) is 4.42 Å². The Morgan fingerprint density at radius 2 is 2.33 bits per heavy atom. The van der Waals surface area contributed by atoms with Gasteiger partial charge in [0.25, 0.3) is 0 Å². The molecule has 1 aliphatic heterocycles. The molecule has 15 heavy (non-hydrogen) atoms. The summed E-state index contributed by atoms with van der Waals surface area (Å²) in [5, 5.41) is 0.